The molecule has 0 aromatic heterocycles. The maximum absolute atomic E-state index is 14.1. The molecule has 0 aliphatic rings. The molecular formula is C30H36BrN3O4S. The lowest BCUT2D eigenvalue weighted by Crippen LogP contribution is -2.56. The number of carbonyl (C=O) groups is 2. The van der Waals surface area contributed by atoms with Gasteiger partial charge in [0.05, 0.1) is 11.9 Å². The number of hydrogen-bond donors (Lipinski definition) is 1. The molecule has 1 atom stereocenters. The number of anilines is 1. The molecule has 7 nitrogen and oxygen atoms in total. The van der Waals surface area contributed by atoms with Gasteiger partial charge in [-0.2, -0.15) is 0 Å². The summed E-state index contributed by atoms with van der Waals surface area (Å²) in [5, 5.41) is 3.02. The van der Waals surface area contributed by atoms with E-state index in [1.165, 1.54) is 4.90 Å². The Hall–Kier alpha value is -3.17. The molecule has 3 aromatic rings. The highest BCUT2D eigenvalue weighted by atomic mass is 79.9. The third kappa shape index (κ3) is 8.93. The van der Waals surface area contributed by atoms with Crippen LogP contribution in [0.15, 0.2) is 83.3 Å². The topological polar surface area (TPSA) is 86.8 Å². The van der Waals surface area contributed by atoms with E-state index in [-0.39, 0.29) is 18.9 Å². The van der Waals surface area contributed by atoms with E-state index in [0.29, 0.717) is 10.2 Å². The van der Waals surface area contributed by atoms with E-state index >= 15 is 0 Å². The van der Waals surface area contributed by atoms with Crippen LogP contribution in [0.25, 0.3) is 0 Å². The molecule has 0 fully saturated rings. The first-order chi connectivity index (χ1) is 18.2. The monoisotopic (exact) mass is 613 g/mol. The molecule has 0 heterocycles. The molecule has 3 rings (SSSR count). The molecule has 0 saturated heterocycles. The number of hydrogen-bond acceptors (Lipinski definition) is 4. The maximum atomic E-state index is 14.1. The fraction of sp³-hybridized carbons (Fsp3) is 0.333. The standard InChI is InChI=1S/C30H36BrN3O4S/c1-22-12-11-15-24(18-22)20-33(27(29(36)32-30(2,3)4)19-23-13-7-6-8-14-23)28(35)21-34(39(5,37)38)26-17-10-9-16-25(26)31/h6-18,27H,19-21H2,1-5H3,(H,32,36)/t27-/m0/s1. The highest BCUT2D eigenvalue weighted by Crippen LogP contribution is 2.28. The largest absolute Gasteiger partial charge is 0.350 e. The first-order valence-electron chi connectivity index (χ1n) is 12.7. The van der Waals surface area contributed by atoms with Crippen LogP contribution >= 0.6 is 15.9 Å². The van der Waals surface area contributed by atoms with E-state index in [1.54, 1.807) is 24.3 Å². The average Bonchev–Trinajstić information content (AvgIpc) is 2.84. The third-order valence-corrected chi connectivity index (χ3v) is 7.80. The summed E-state index contributed by atoms with van der Waals surface area (Å²) in [4.78, 5) is 29.3. The minimum Gasteiger partial charge on any atom is -0.350 e. The summed E-state index contributed by atoms with van der Waals surface area (Å²) in [6, 6.07) is 23.2. The molecule has 0 spiro atoms. The van der Waals surface area contributed by atoms with Gasteiger partial charge in [0, 0.05) is 23.0 Å². The molecular weight excluding hydrogens is 578 g/mol. The number of halogens is 1. The van der Waals surface area contributed by atoms with Gasteiger partial charge in [-0.15, -0.1) is 0 Å². The predicted molar refractivity (Wildman–Crippen MR) is 160 cm³/mol. The molecule has 0 aliphatic carbocycles. The average molecular weight is 615 g/mol. The molecule has 2 amide bonds. The highest BCUT2D eigenvalue weighted by Gasteiger charge is 2.34. The summed E-state index contributed by atoms with van der Waals surface area (Å²) in [5.41, 5.74) is 2.57. The van der Waals surface area contributed by atoms with Gasteiger partial charge in [-0.1, -0.05) is 72.3 Å². The van der Waals surface area contributed by atoms with E-state index in [0.717, 1.165) is 27.3 Å². The molecule has 39 heavy (non-hydrogen) atoms. The fourth-order valence-electron chi connectivity index (χ4n) is 4.26. The van der Waals surface area contributed by atoms with Gasteiger partial charge in [0.15, 0.2) is 0 Å². The molecule has 0 saturated carbocycles. The SMILES string of the molecule is Cc1cccc(CN(C(=O)CN(c2ccccc2Br)S(C)(=O)=O)[C@@H](Cc2ccccc2)C(=O)NC(C)(C)C)c1. The Morgan fingerprint density at radius 1 is 0.923 bits per heavy atom. The first-order valence-corrected chi connectivity index (χ1v) is 15.3. The van der Waals surface area contributed by atoms with Gasteiger partial charge < -0.3 is 10.2 Å². The summed E-state index contributed by atoms with van der Waals surface area (Å²) in [5.74, 6) is -0.790. The van der Waals surface area contributed by atoms with Gasteiger partial charge >= 0.3 is 0 Å². The summed E-state index contributed by atoms with van der Waals surface area (Å²) >= 11 is 3.41. The number of nitrogens with zero attached hydrogens (tertiary/aromatic N) is 2. The van der Waals surface area contributed by atoms with Gasteiger partial charge in [-0.05, 0) is 66.9 Å². The number of amides is 2. The molecule has 0 aliphatic heterocycles. The molecule has 0 radical (unpaired) electrons. The van der Waals surface area contributed by atoms with Crippen molar-refractivity contribution in [3.05, 3.63) is 100 Å². The Morgan fingerprint density at radius 3 is 2.13 bits per heavy atom. The summed E-state index contributed by atoms with van der Waals surface area (Å²) in [6.45, 7) is 7.30. The van der Waals surface area contributed by atoms with Crippen LogP contribution in [0.3, 0.4) is 0 Å². The minimum absolute atomic E-state index is 0.142. The molecule has 0 unspecified atom stereocenters. The van der Waals surface area contributed by atoms with Crippen molar-refractivity contribution in [1.82, 2.24) is 10.2 Å². The van der Waals surface area contributed by atoms with Gasteiger partial charge in [0.2, 0.25) is 21.8 Å². The second kappa shape index (κ2) is 12.8. The molecule has 208 valence electrons. The Bertz CT molecular complexity index is 1400. The van der Waals surface area contributed by atoms with Crippen LogP contribution in [-0.4, -0.2) is 49.5 Å². The van der Waals surface area contributed by atoms with Gasteiger partial charge in [0.25, 0.3) is 0 Å². The van der Waals surface area contributed by atoms with Gasteiger partial charge in [-0.25, -0.2) is 8.42 Å². The smallest absolute Gasteiger partial charge is 0.244 e. The molecule has 9 heteroatoms. The van der Waals surface area contributed by atoms with Crippen molar-refractivity contribution < 1.29 is 18.0 Å². The lowest BCUT2D eigenvalue weighted by Gasteiger charge is -2.35. The van der Waals surface area contributed by atoms with Gasteiger partial charge in [0.1, 0.15) is 12.6 Å². The van der Waals surface area contributed by atoms with Crippen LogP contribution in [-0.2, 0) is 32.6 Å². The Balaban J connectivity index is 2.09. The number of rotatable bonds is 10. The van der Waals surface area contributed by atoms with E-state index in [2.05, 4.69) is 21.2 Å². The number of aryl methyl sites for hydroxylation is 1. The Morgan fingerprint density at radius 2 is 1.54 bits per heavy atom. The van der Waals surface area contributed by atoms with E-state index in [9.17, 15) is 18.0 Å². The minimum atomic E-state index is -3.83. The quantitative estimate of drug-likeness (QED) is 0.345. The molecule has 1 N–H and O–H groups in total. The van der Waals surface area contributed by atoms with Crippen molar-refractivity contribution >= 4 is 43.5 Å². The van der Waals surface area contributed by atoms with Crippen LogP contribution in [0.2, 0.25) is 0 Å². The van der Waals surface area contributed by atoms with Crippen LogP contribution in [0.4, 0.5) is 5.69 Å². The highest BCUT2D eigenvalue weighted by molar-refractivity contribution is 9.10. The van der Waals surface area contributed by atoms with Crippen molar-refractivity contribution in [2.75, 3.05) is 17.1 Å². The number of sulfonamides is 1. The summed E-state index contributed by atoms with van der Waals surface area (Å²) in [7, 11) is -3.83. The summed E-state index contributed by atoms with van der Waals surface area (Å²) < 4.78 is 27.4. The second-order valence-electron chi connectivity index (χ2n) is 10.7. The lowest BCUT2D eigenvalue weighted by molar-refractivity contribution is -0.140. The third-order valence-electron chi connectivity index (χ3n) is 6.01. The van der Waals surface area contributed by atoms with Crippen molar-refractivity contribution in [3.63, 3.8) is 0 Å². The normalized spacial score (nSPS) is 12.5. The van der Waals surface area contributed by atoms with Crippen LogP contribution in [0.5, 0.6) is 0 Å². The van der Waals surface area contributed by atoms with Crippen LogP contribution in [0, 0.1) is 6.92 Å². The van der Waals surface area contributed by atoms with Crippen molar-refractivity contribution in [3.8, 4) is 0 Å². The summed E-state index contributed by atoms with van der Waals surface area (Å²) in [6.07, 6.45) is 1.34. The Labute approximate surface area is 240 Å². The van der Waals surface area contributed by atoms with Crippen LogP contribution < -0.4 is 9.62 Å². The zero-order valence-electron chi connectivity index (χ0n) is 23.0. The van der Waals surface area contributed by atoms with Crippen molar-refractivity contribution in [2.24, 2.45) is 0 Å². The second-order valence-corrected chi connectivity index (χ2v) is 13.4. The maximum Gasteiger partial charge on any atom is 0.244 e. The predicted octanol–water partition coefficient (Wildman–Crippen LogP) is 5.08. The van der Waals surface area contributed by atoms with Crippen LogP contribution in [0.1, 0.15) is 37.5 Å². The zero-order chi connectivity index (χ0) is 28.8. The van der Waals surface area contributed by atoms with E-state index in [1.807, 2.05) is 82.3 Å². The number of carbonyl (C=O) groups excluding carboxylic acids is 2. The number of benzene rings is 3. The first kappa shape index (κ1) is 30.4. The Kier molecular flexibility index (Phi) is 9.96. The van der Waals surface area contributed by atoms with E-state index < -0.39 is 34.1 Å². The lowest BCUT2D eigenvalue weighted by atomic mass is 10.0. The zero-order valence-corrected chi connectivity index (χ0v) is 25.4. The number of nitrogens with one attached hydrogen (secondary N) is 1. The molecule has 3 aromatic carbocycles. The van der Waals surface area contributed by atoms with Crippen molar-refractivity contribution in [2.45, 2.75) is 52.2 Å². The van der Waals surface area contributed by atoms with E-state index in [4.69, 9.17) is 0 Å². The van der Waals surface area contributed by atoms with Gasteiger partial charge in [-0.3, -0.25) is 13.9 Å². The number of para-hydroxylation sites is 1. The van der Waals surface area contributed by atoms with Crippen molar-refractivity contribution in [1.29, 1.82) is 0 Å². The fourth-order valence-corrected chi connectivity index (χ4v) is 5.74. The molecule has 0 bridgehead atoms.